The third-order valence-corrected chi connectivity index (χ3v) is 3.47. The summed E-state index contributed by atoms with van der Waals surface area (Å²) in [6, 6.07) is 17.3. The molecule has 0 saturated carbocycles. The second-order valence-corrected chi connectivity index (χ2v) is 4.97. The first-order valence-corrected chi connectivity index (χ1v) is 7.09. The highest BCUT2D eigenvalue weighted by Gasteiger charge is 2.10. The molecule has 2 aromatic heterocycles. The Balaban J connectivity index is 1.74. The number of aromatic nitrogens is 4. The number of ether oxygens (including phenoxy) is 1. The van der Waals surface area contributed by atoms with Gasteiger partial charge in [-0.05, 0) is 29.8 Å². The zero-order chi connectivity index (χ0) is 15.6. The molecule has 0 unspecified atom stereocenters. The van der Waals surface area contributed by atoms with Gasteiger partial charge in [-0.3, -0.25) is 0 Å². The Morgan fingerprint density at radius 1 is 0.913 bits per heavy atom. The molecule has 0 fully saturated rings. The van der Waals surface area contributed by atoms with Gasteiger partial charge in [-0.2, -0.15) is 14.6 Å². The van der Waals surface area contributed by atoms with Crippen molar-refractivity contribution in [1.29, 1.82) is 0 Å². The molecule has 0 bridgehead atoms. The normalized spacial score (nSPS) is 10.8. The molecule has 0 radical (unpaired) electrons. The highest BCUT2D eigenvalue weighted by atomic mass is 16.5. The number of anilines is 1. The van der Waals surface area contributed by atoms with E-state index in [1.54, 1.807) is 6.20 Å². The van der Waals surface area contributed by atoms with E-state index in [1.165, 1.54) is 10.8 Å². The van der Waals surface area contributed by atoms with Gasteiger partial charge in [0.15, 0.2) is 0 Å². The average molecular weight is 303 g/mol. The smallest absolute Gasteiger partial charge is 0.254 e. The summed E-state index contributed by atoms with van der Waals surface area (Å²) in [4.78, 5) is 8.28. The number of nitrogens with two attached hydrogens (primary N) is 1. The van der Waals surface area contributed by atoms with Gasteiger partial charge in [0.05, 0.1) is 0 Å². The molecule has 2 N–H and O–H groups in total. The van der Waals surface area contributed by atoms with Crippen molar-refractivity contribution in [3.8, 4) is 22.6 Å². The summed E-state index contributed by atoms with van der Waals surface area (Å²) in [5.41, 5.74) is 7.86. The molecule has 112 valence electrons. The Morgan fingerprint density at radius 3 is 2.61 bits per heavy atom. The predicted molar refractivity (Wildman–Crippen MR) is 87.1 cm³/mol. The van der Waals surface area contributed by atoms with Gasteiger partial charge in [0.25, 0.3) is 5.78 Å². The van der Waals surface area contributed by atoms with Crippen LogP contribution in [0.3, 0.4) is 0 Å². The summed E-state index contributed by atoms with van der Waals surface area (Å²) in [6.45, 7) is 0. The molecule has 2 heterocycles. The minimum atomic E-state index is 0.475. The molecule has 4 aromatic rings. The van der Waals surface area contributed by atoms with Crippen LogP contribution in [0.5, 0.6) is 11.5 Å². The molecule has 6 heteroatoms. The van der Waals surface area contributed by atoms with Gasteiger partial charge in [0.2, 0.25) is 0 Å². The Kier molecular flexibility index (Phi) is 3.12. The van der Waals surface area contributed by atoms with E-state index in [-0.39, 0.29) is 0 Å². The third-order valence-electron chi connectivity index (χ3n) is 3.47. The minimum Gasteiger partial charge on any atom is -0.457 e. The van der Waals surface area contributed by atoms with Crippen molar-refractivity contribution in [2.24, 2.45) is 0 Å². The number of nitrogens with zero attached hydrogens (tertiary/aromatic N) is 4. The van der Waals surface area contributed by atoms with E-state index in [0.29, 0.717) is 11.6 Å². The van der Waals surface area contributed by atoms with Crippen LogP contribution in [0.25, 0.3) is 16.9 Å². The molecule has 0 saturated heterocycles. The predicted octanol–water partition coefficient (Wildman–Crippen LogP) is 3.17. The van der Waals surface area contributed by atoms with Crippen LogP contribution in [0.2, 0.25) is 0 Å². The van der Waals surface area contributed by atoms with E-state index >= 15 is 0 Å². The van der Waals surface area contributed by atoms with E-state index in [2.05, 4.69) is 15.1 Å². The first-order chi connectivity index (χ1) is 11.3. The van der Waals surface area contributed by atoms with Crippen LogP contribution in [0, 0.1) is 0 Å². The summed E-state index contributed by atoms with van der Waals surface area (Å²) >= 11 is 0. The maximum absolute atomic E-state index is 6.18. The number of hydrogen-bond donors (Lipinski definition) is 1. The van der Waals surface area contributed by atoms with Gasteiger partial charge in [0.1, 0.15) is 23.6 Å². The highest BCUT2D eigenvalue weighted by molar-refractivity contribution is 5.75. The van der Waals surface area contributed by atoms with Gasteiger partial charge in [0, 0.05) is 11.8 Å². The molecule has 0 spiro atoms. The Hall–Kier alpha value is -3.41. The lowest BCUT2D eigenvalue weighted by Gasteiger charge is -2.09. The molecule has 0 amide bonds. The van der Waals surface area contributed by atoms with Crippen molar-refractivity contribution in [1.82, 2.24) is 19.6 Å². The van der Waals surface area contributed by atoms with Crippen LogP contribution >= 0.6 is 0 Å². The van der Waals surface area contributed by atoms with Crippen LogP contribution in [-0.2, 0) is 0 Å². The van der Waals surface area contributed by atoms with Crippen LogP contribution in [0.15, 0.2) is 67.1 Å². The van der Waals surface area contributed by atoms with Crippen LogP contribution < -0.4 is 10.5 Å². The molecular formula is C17H13N5O. The summed E-state index contributed by atoms with van der Waals surface area (Å²) in [6.07, 6.45) is 3.12. The SMILES string of the molecule is Nc1c(-c2cccc(Oc3ccccc3)c2)cnc2ncnn12. The van der Waals surface area contributed by atoms with E-state index in [9.17, 15) is 0 Å². The van der Waals surface area contributed by atoms with Crippen LogP contribution in [-0.4, -0.2) is 19.6 Å². The van der Waals surface area contributed by atoms with Gasteiger partial charge in [-0.1, -0.05) is 30.3 Å². The number of benzene rings is 2. The maximum atomic E-state index is 6.18. The quantitative estimate of drug-likeness (QED) is 0.629. The van der Waals surface area contributed by atoms with Gasteiger partial charge >= 0.3 is 0 Å². The molecule has 2 aromatic carbocycles. The van der Waals surface area contributed by atoms with Crippen molar-refractivity contribution >= 4 is 11.6 Å². The molecule has 0 aliphatic rings. The number of hydrogen-bond acceptors (Lipinski definition) is 5. The Morgan fingerprint density at radius 2 is 1.74 bits per heavy atom. The number of rotatable bonds is 3. The average Bonchev–Trinajstić information content (AvgIpc) is 3.06. The molecule has 0 aliphatic carbocycles. The molecule has 4 rings (SSSR count). The minimum absolute atomic E-state index is 0.475. The van der Waals surface area contributed by atoms with Gasteiger partial charge < -0.3 is 10.5 Å². The van der Waals surface area contributed by atoms with Gasteiger partial charge in [-0.25, -0.2) is 4.98 Å². The van der Waals surface area contributed by atoms with Crippen LogP contribution in [0.1, 0.15) is 0 Å². The summed E-state index contributed by atoms with van der Waals surface area (Å²) in [5, 5.41) is 4.08. The van der Waals surface area contributed by atoms with Crippen molar-refractivity contribution in [3.05, 3.63) is 67.1 Å². The topological polar surface area (TPSA) is 78.3 Å². The zero-order valence-corrected chi connectivity index (χ0v) is 12.1. The fraction of sp³-hybridized carbons (Fsp3) is 0. The maximum Gasteiger partial charge on any atom is 0.254 e. The first kappa shape index (κ1) is 13.3. The molecule has 6 nitrogen and oxygen atoms in total. The van der Waals surface area contributed by atoms with E-state index < -0.39 is 0 Å². The number of para-hydroxylation sites is 1. The van der Waals surface area contributed by atoms with E-state index in [0.717, 1.165) is 22.6 Å². The molecular weight excluding hydrogens is 290 g/mol. The third kappa shape index (κ3) is 2.46. The van der Waals surface area contributed by atoms with E-state index in [1.807, 2.05) is 54.6 Å². The standard InChI is InChI=1S/C17H13N5O/c18-16-15(10-19-17-20-11-21-22(16)17)12-5-4-8-14(9-12)23-13-6-2-1-3-7-13/h1-11H,18H2. The molecule has 23 heavy (non-hydrogen) atoms. The summed E-state index contributed by atoms with van der Waals surface area (Å²) in [7, 11) is 0. The first-order valence-electron chi connectivity index (χ1n) is 7.09. The summed E-state index contributed by atoms with van der Waals surface area (Å²) in [5.74, 6) is 2.47. The van der Waals surface area contributed by atoms with Crippen molar-refractivity contribution in [2.45, 2.75) is 0 Å². The molecule has 0 aliphatic heterocycles. The van der Waals surface area contributed by atoms with Crippen molar-refractivity contribution < 1.29 is 4.74 Å². The lowest BCUT2D eigenvalue weighted by atomic mass is 10.1. The lowest BCUT2D eigenvalue weighted by molar-refractivity contribution is 0.483. The lowest BCUT2D eigenvalue weighted by Crippen LogP contribution is -2.02. The van der Waals surface area contributed by atoms with Crippen molar-refractivity contribution in [3.63, 3.8) is 0 Å². The number of nitrogen functional groups attached to an aromatic ring is 1. The Labute approximate surface area is 132 Å². The highest BCUT2D eigenvalue weighted by Crippen LogP contribution is 2.30. The second-order valence-electron chi connectivity index (χ2n) is 4.97. The Bertz CT molecular complexity index is 965. The summed E-state index contributed by atoms with van der Waals surface area (Å²) < 4.78 is 7.37. The van der Waals surface area contributed by atoms with Crippen LogP contribution in [0.4, 0.5) is 5.82 Å². The van der Waals surface area contributed by atoms with Crippen molar-refractivity contribution in [2.75, 3.05) is 5.73 Å². The fourth-order valence-electron chi connectivity index (χ4n) is 2.37. The van der Waals surface area contributed by atoms with Gasteiger partial charge in [-0.15, -0.1) is 0 Å². The second kappa shape index (κ2) is 5.42. The van der Waals surface area contributed by atoms with E-state index in [4.69, 9.17) is 10.5 Å². The largest absolute Gasteiger partial charge is 0.457 e. The molecule has 0 atom stereocenters. The zero-order valence-electron chi connectivity index (χ0n) is 12.1. The monoisotopic (exact) mass is 303 g/mol. The number of fused-ring (bicyclic) bond motifs is 1. The fourth-order valence-corrected chi connectivity index (χ4v) is 2.37.